The number of aliphatic hydroxyl groups is 1. The monoisotopic (exact) mass is 303 g/mol. The van der Waals surface area contributed by atoms with E-state index >= 15 is 0 Å². The van der Waals surface area contributed by atoms with E-state index in [1.807, 2.05) is 48.7 Å². The van der Waals surface area contributed by atoms with Gasteiger partial charge in [0.2, 0.25) is 5.91 Å². The smallest absolute Gasteiger partial charge is 0.223 e. The Balaban J connectivity index is 1.97. The molecule has 0 bridgehead atoms. The van der Waals surface area contributed by atoms with E-state index in [1.54, 1.807) is 11.3 Å². The van der Waals surface area contributed by atoms with E-state index in [9.17, 15) is 9.90 Å². The molecular weight excluding hydrogens is 282 g/mol. The topological polar surface area (TPSA) is 49.3 Å². The van der Waals surface area contributed by atoms with E-state index in [0.29, 0.717) is 6.42 Å². The number of hydrogen-bond acceptors (Lipinski definition) is 3. The molecule has 112 valence electrons. The number of rotatable bonds is 7. The van der Waals surface area contributed by atoms with Gasteiger partial charge < -0.3 is 10.4 Å². The maximum Gasteiger partial charge on any atom is 0.223 e. The van der Waals surface area contributed by atoms with Crippen molar-refractivity contribution in [2.75, 3.05) is 6.61 Å². The van der Waals surface area contributed by atoms with Crippen molar-refractivity contribution >= 4 is 17.2 Å². The van der Waals surface area contributed by atoms with Gasteiger partial charge in [0.25, 0.3) is 0 Å². The maximum absolute atomic E-state index is 12.3. The molecule has 0 saturated carbocycles. The summed E-state index contributed by atoms with van der Waals surface area (Å²) >= 11 is 1.67. The SMILES string of the molecule is CC(Cc1cccs1)C(=O)NC(CCO)c1ccccc1. The van der Waals surface area contributed by atoms with Gasteiger partial charge in [0, 0.05) is 17.4 Å². The molecule has 1 amide bonds. The zero-order chi connectivity index (χ0) is 15.1. The molecule has 0 spiro atoms. The summed E-state index contributed by atoms with van der Waals surface area (Å²) in [5.41, 5.74) is 1.03. The maximum atomic E-state index is 12.3. The Kier molecular flexibility index (Phi) is 5.96. The fraction of sp³-hybridized carbons (Fsp3) is 0.353. The van der Waals surface area contributed by atoms with Crippen LogP contribution in [0.15, 0.2) is 47.8 Å². The number of benzene rings is 1. The summed E-state index contributed by atoms with van der Waals surface area (Å²) in [5.74, 6) is -0.0424. The highest BCUT2D eigenvalue weighted by atomic mass is 32.1. The highest BCUT2D eigenvalue weighted by Crippen LogP contribution is 2.19. The van der Waals surface area contributed by atoms with E-state index in [1.165, 1.54) is 4.88 Å². The lowest BCUT2D eigenvalue weighted by atomic mass is 10.0. The zero-order valence-corrected chi connectivity index (χ0v) is 13.0. The third kappa shape index (κ3) is 4.69. The van der Waals surface area contributed by atoms with Crippen molar-refractivity contribution in [3.63, 3.8) is 0 Å². The number of thiophene rings is 1. The molecule has 0 fully saturated rings. The van der Waals surface area contributed by atoms with Crippen LogP contribution in [-0.4, -0.2) is 17.6 Å². The minimum absolute atomic E-state index is 0.0331. The third-order valence-electron chi connectivity index (χ3n) is 3.47. The molecule has 4 heteroatoms. The second kappa shape index (κ2) is 7.96. The summed E-state index contributed by atoms with van der Waals surface area (Å²) in [6.45, 7) is 2.00. The van der Waals surface area contributed by atoms with E-state index in [-0.39, 0.29) is 24.5 Å². The number of aliphatic hydroxyl groups excluding tert-OH is 1. The predicted octanol–water partition coefficient (Wildman–Crippen LogP) is 3.17. The second-order valence-corrected chi connectivity index (χ2v) is 6.20. The molecule has 0 aliphatic heterocycles. The highest BCUT2D eigenvalue weighted by Gasteiger charge is 2.19. The van der Waals surface area contributed by atoms with Crippen LogP contribution in [0.2, 0.25) is 0 Å². The van der Waals surface area contributed by atoms with Gasteiger partial charge in [0.15, 0.2) is 0 Å². The molecule has 2 unspecified atom stereocenters. The Morgan fingerprint density at radius 2 is 2.00 bits per heavy atom. The van der Waals surface area contributed by atoms with Crippen LogP contribution in [0.5, 0.6) is 0 Å². The lowest BCUT2D eigenvalue weighted by Crippen LogP contribution is -2.34. The van der Waals surface area contributed by atoms with Crippen LogP contribution in [0.3, 0.4) is 0 Å². The Morgan fingerprint density at radius 1 is 1.24 bits per heavy atom. The quantitative estimate of drug-likeness (QED) is 0.825. The molecule has 21 heavy (non-hydrogen) atoms. The normalized spacial score (nSPS) is 13.6. The van der Waals surface area contributed by atoms with Crippen LogP contribution >= 0.6 is 11.3 Å². The van der Waals surface area contributed by atoms with Gasteiger partial charge in [-0.2, -0.15) is 0 Å². The van der Waals surface area contributed by atoms with Gasteiger partial charge in [-0.05, 0) is 29.9 Å². The molecule has 0 aliphatic rings. The number of nitrogens with one attached hydrogen (secondary N) is 1. The number of hydrogen-bond donors (Lipinski definition) is 2. The van der Waals surface area contributed by atoms with Crippen molar-refractivity contribution in [1.29, 1.82) is 0 Å². The molecule has 0 saturated heterocycles. The van der Waals surface area contributed by atoms with Crippen molar-refractivity contribution in [3.8, 4) is 0 Å². The number of carbonyl (C=O) groups excluding carboxylic acids is 1. The molecule has 2 N–H and O–H groups in total. The minimum Gasteiger partial charge on any atom is -0.396 e. The first kappa shape index (κ1) is 15.7. The average Bonchev–Trinajstić information content (AvgIpc) is 3.00. The molecular formula is C17H21NO2S. The first-order chi connectivity index (χ1) is 10.2. The van der Waals surface area contributed by atoms with Gasteiger partial charge in [-0.15, -0.1) is 11.3 Å². The Bertz CT molecular complexity index is 539. The van der Waals surface area contributed by atoms with Crippen molar-refractivity contribution in [3.05, 3.63) is 58.3 Å². The standard InChI is InChI=1S/C17H21NO2S/c1-13(12-15-8-5-11-21-15)17(20)18-16(9-10-19)14-6-3-2-4-7-14/h2-8,11,13,16,19H,9-10,12H2,1H3,(H,18,20). The molecule has 2 aromatic rings. The molecule has 1 aromatic carbocycles. The summed E-state index contributed by atoms with van der Waals surface area (Å²) in [6, 6.07) is 13.7. The predicted molar refractivity (Wildman–Crippen MR) is 86.2 cm³/mol. The zero-order valence-electron chi connectivity index (χ0n) is 12.2. The Hall–Kier alpha value is -1.65. The van der Waals surface area contributed by atoms with E-state index in [0.717, 1.165) is 12.0 Å². The largest absolute Gasteiger partial charge is 0.396 e. The van der Waals surface area contributed by atoms with Crippen molar-refractivity contribution in [2.45, 2.75) is 25.8 Å². The summed E-state index contributed by atoms with van der Waals surface area (Å²) < 4.78 is 0. The van der Waals surface area contributed by atoms with Gasteiger partial charge in [-0.1, -0.05) is 43.3 Å². The third-order valence-corrected chi connectivity index (χ3v) is 4.37. The van der Waals surface area contributed by atoms with E-state index < -0.39 is 0 Å². The first-order valence-corrected chi connectivity index (χ1v) is 8.07. The van der Waals surface area contributed by atoms with Crippen molar-refractivity contribution in [1.82, 2.24) is 5.32 Å². The van der Waals surface area contributed by atoms with Crippen molar-refractivity contribution < 1.29 is 9.90 Å². The molecule has 2 atom stereocenters. The van der Waals surface area contributed by atoms with Gasteiger partial charge in [0.05, 0.1) is 6.04 Å². The van der Waals surface area contributed by atoms with Crippen molar-refractivity contribution in [2.24, 2.45) is 5.92 Å². The van der Waals surface area contributed by atoms with Crippen LogP contribution in [0.1, 0.15) is 29.8 Å². The number of amides is 1. The lowest BCUT2D eigenvalue weighted by molar-refractivity contribution is -0.125. The molecule has 0 radical (unpaired) electrons. The van der Waals surface area contributed by atoms with Gasteiger partial charge in [0.1, 0.15) is 0 Å². The minimum atomic E-state index is -0.130. The molecule has 1 aromatic heterocycles. The second-order valence-electron chi connectivity index (χ2n) is 5.17. The van der Waals surface area contributed by atoms with Gasteiger partial charge >= 0.3 is 0 Å². The molecule has 2 rings (SSSR count). The molecule has 1 heterocycles. The van der Waals surface area contributed by atoms with Crippen LogP contribution in [-0.2, 0) is 11.2 Å². The molecule has 0 aliphatic carbocycles. The van der Waals surface area contributed by atoms with E-state index in [4.69, 9.17) is 0 Å². The summed E-state index contributed by atoms with van der Waals surface area (Å²) in [7, 11) is 0. The van der Waals surface area contributed by atoms with Crippen LogP contribution in [0.25, 0.3) is 0 Å². The van der Waals surface area contributed by atoms with E-state index in [2.05, 4.69) is 11.4 Å². The Labute approximate surface area is 129 Å². The highest BCUT2D eigenvalue weighted by molar-refractivity contribution is 7.09. The van der Waals surface area contributed by atoms with Crippen LogP contribution < -0.4 is 5.32 Å². The number of carbonyl (C=O) groups is 1. The Morgan fingerprint density at radius 3 is 2.62 bits per heavy atom. The molecule has 3 nitrogen and oxygen atoms in total. The first-order valence-electron chi connectivity index (χ1n) is 7.19. The van der Waals surface area contributed by atoms with Crippen LogP contribution in [0.4, 0.5) is 0 Å². The van der Waals surface area contributed by atoms with Gasteiger partial charge in [-0.3, -0.25) is 4.79 Å². The fourth-order valence-corrected chi connectivity index (χ4v) is 3.11. The van der Waals surface area contributed by atoms with Crippen LogP contribution in [0, 0.1) is 5.92 Å². The summed E-state index contributed by atoms with van der Waals surface area (Å²) in [4.78, 5) is 13.6. The fourth-order valence-electron chi connectivity index (χ4n) is 2.27. The summed E-state index contributed by atoms with van der Waals surface area (Å²) in [6.07, 6.45) is 1.28. The lowest BCUT2D eigenvalue weighted by Gasteiger charge is -2.20. The summed E-state index contributed by atoms with van der Waals surface area (Å²) in [5, 5.41) is 14.3. The average molecular weight is 303 g/mol. The van der Waals surface area contributed by atoms with Gasteiger partial charge in [-0.25, -0.2) is 0 Å².